The fourth-order valence-electron chi connectivity index (χ4n) is 1.10. The molecule has 0 saturated heterocycles. The van der Waals surface area contributed by atoms with Crippen molar-refractivity contribution in [2.45, 2.75) is 11.8 Å². The zero-order chi connectivity index (χ0) is 12.0. The van der Waals surface area contributed by atoms with Gasteiger partial charge in [0.05, 0.1) is 7.11 Å². The molecule has 0 heterocycles. The number of hydrogen-bond acceptors (Lipinski definition) is 4. The summed E-state index contributed by atoms with van der Waals surface area (Å²) in [6.07, 6.45) is 0. The molecule has 0 aliphatic rings. The van der Waals surface area contributed by atoms with Gasteiger partial charge in [-0.25, -0.2) is 4.39 Å². The Labute approximate surface area is 98.2 Å². The third-order valence-electron chi connectivity index (χ3n) is 1.98. The van der Waals surface area contributed by atoms with Crippen LogP contribution in [0.3, 0.4) is 0 Å². The van der Waals surface area contributed by atoms with Crippen molar-refractivity contribution in [1.82, 2.24) is 0 Å². The zero-order valence-electron chi connectivity index (χ0n) is 8.98. The molecule has 1 aromatic carbocycles. The van der Waals surface area contributed by atoms with E-state index in [1.54, 1.807) is 12.1 Å². The Morgan fingerprint density at radius 1 is 1.50 bits per heavy atom. The summed E-state index contributed by atoms with van der Waals surface area (Å²) in [5.74, 6) is 0.529. The van der Waals surface area contributed by atoms with Gasteiger partial charge in [-0.05, 0) is 17.7 Å². The minimum absolute atomic E-state index is 0.250. The standard InChI is InChI=1S/C11H14FNO2S/c1-15-11(14)10(13)7-16-6-8-2-4-9(12)5-3-8/h2-5,10H,6-7,13H2,1H3/t10-/m0/s1. The molecule has 3 nitrogen and oxygen atoms in total. The quantitative estimate of drug-likeness (QED) is 0.797. The molecule has 0 aliphatic carbocycles. The fourth-order valence-corrected chi connectivity index (χ4v) is 2.04. The van der Waals surface area contributed by atoms with Gasteiger partial charge in [0.15, 0.2) is 0 Å². The molecular weight excluding hydrogens is 229 g/mol. The number of halogens is 1. The number of carbonyl (C=O) groups excluding carboxylic acids is 1. The van der Waals surface area contributed by atoms with Crippen molar-refractivity contribution in [2.24, 2.45) is 5.73 Å². The van der Waals surface area contributed by atoms with Crippen LogP contribution >= 0.6 is 11.8 Å². The van der Waals surface area contributed by atoms with Gasteiger partial charge in [-0.15, -0.1) is 0 Å². The van der Waals surface area contributed by atoms with Crippen molar-refractivity contribution < 1.29 is 13.9 Å². The molecule has 1 rings (SSSR count). The number of esters is 1. The SMILES string of the molecule is COC(=O)[C@@H](N)CSCc1ccc(F)cc1. The third kappa shape index (κ3) is 4.20. The number of hydrogen-bond donors (Lipinski definition) is 1. The first kappa shape index (κ1) is 13.0. The van der Waals surface area contributed by atoms with Gasteiger partial charge in [0.1, 0.15) is 11.9 Å². The van der Waals surface area contributed by atoms with Gasteiger partial charge >= 0.3 is 5.97 Å². The van der Waals surface area contributed by atoms with Crippen LogP contribution in [0, 0.1) is 5.82 Å². The molecule has 0 aliphatic heterocycles. The number of carbonyl (C=O) groups is 1. The Bertz CT molecular complexity index is 342. The second kappa shape index (κ2) is 6.50. The lowest BCUT2D eigenvalue weighted by Crippen LogP contribution is -2.33. The van der Waals surface area contributed by atoms with Crippen molar-refractivity contribution in [2.75, 3.05) is 12.9 Å². The number of ether oxygens (including phenoxy) is 1. The van der Waals surface area contributed by atoms with Crippen LogP contribution in [0.25, 0.3) is 0 Å². The maximum absolute atomic E-state index is 12.6. The van der Waals surface area contributed by atoms with Crippen molar-refractivity contribution >= 4 is 17.7 Å². The van der Waals surface area contributed by atoms with Crippen molar-refractivity contribution in [3.05, 3.63) is 35.6 Å². The number of benzene rings is 1. The summed E-state index contributed by atoms with van der Waals surface area (Å²) in [6.45, 7) is 0. The monoisotopic (exact) mass is 243 g/mol. The van der Waals surface area contributed by atoms with Gasteiger partial charge in [0.25, 0.3) is 0 Å². The fraction of sp³-hybridized carbons (Fsp3) is 0.364. The zero-order valence-corrected chi connectivity index (χ0v) is 9.80. The second-order valence-corrected chi connectivity index (χ2v) is 4.30. The van der Waals surface area contributed by atoms with E-state index in [0.29, 0.717) is 11.5 Å². The highest BCUT2D eigenvalue weighted by atomic mass is 32.2. The van der Waals surface area contributed by atoms with E-state index in [2.05, 4.69) is 4.74 Å². The average Bonchev–Trinajstić information content (AvgIpc) is 2.30. The van der Waals surface area contributed by atoms with E-state index in [-0.39, 0.29) is 5.82 Å². The van der Waals surface area contributed by atoms with E-state index in [9.17, 15) is 9.18 Å². The van der Waals surface area contributed by atoms with E-state index in [1.807, 2.05) is 0 Å². The van der Waals surface area contributed by atoms with Crippen LogP contribution in [0.2, 0.25) is 0 Å². The molecule has 0 aromatic heterocycles. The van der Waals surface area contributed by atoms with E-state index >= 15 is 0 Å². The van der Waals surface area contributed by atoms with Crippen LogP contribution in [0.5, 0.6) is 0 Å². The first-order valence-electron chi connectivity index (χ1n) is 4.79. The Morgan fingerprint density at radius 2 is 2.12 bits per heavy atom. The molecule has 0 unspecified atom stereocenters. The highest BCUT2D eigenvalue weighted by Gasteiger charge is 2.12. The molecule has 0 fully saturated rings. The molecule has 0 spiro atoms. The minimum Gasteiger partial charge on any atom is -0.468 e. The largest absolute Gasteiger partial charge is 0.468 e. The summed E-state index contributed by atoms with van der Waals surface area (Å²) in [5, 5.41) is 0. The van der Waals surface area contributed by atoms with Crippen LogP contribution in [0.15, 0.2) is 24.3 Å². The average molecular weight is 243 g/mol. The maximum atomic E-state index is 12.6. The predicted molar refractivity (Wildman–Crippen MR) is 62.6 cm³/mol. The van der Waals surface area contributed by atoms with Gasteiger partial charge in [-0.1, -0.05) is 12.1 Å². The summed E-state index contributed by atoms with van der Waals surface area (Å²) in [7, 11) is 1.31. The van der Waals surface area contributed by atoms with Crippen LogP contribution in [0.1, 0.15) is 5.56 Å². The molecule has 1 aromatic rings. The van der Waals surface area contributed by atoms with Gasteiger partial charge in [-0.2, -0.15) is 11.8 Å². The van der Waals surface area contributed by atoms with Crippen molar-refractivity contribution in [1.29, 1.82) is 0 Å². The highest BCUT2D eigenvalue weighted by molar-refractivity contribution is 7.98. The Hall–Kier alpha value is -1.07. The van der Waals surface area contributed by atoms with Crippen molar-refractivity contribution in [3.8, 4) is 0 Å². The molecule has 1 atom stereocenters. The normalized spacial score (nSPS) is 12.2. The summed E-state index contributed by atoms with van der Waals surface area (Å²) < 4.78 is 17.1. The lowest BCUT2D eigenvalue weighted by Gasteiger charge is -2.08. The predicted octanol–water partition coefficient (Wildman–Crippen LogP) is 1.56. The smallest absolute Gasteiger partial charge is 0.323 e. The molecule has 5 heteroatoms. The van der Waals surface area contributed by atoms with E-state index in [1.165, 1.54) is 31.0 Å². The second-order valence-electron chi connectivity index (χ2n) is 3.27. The molecule has 0 bridgehead atoms. The number of methoxy groups -OCH3 is 1. The summed E-state index contributed by atoms with van der Waals surface area (Å²) in [4.78, 5) is 11.0. The Balaban J connectivity index is 2.30. The van der Waals surface area contributed by atoms with E-state index < -0.39 is 12.0 Å². The van der Waals surface area contributed by atoms with Gasteiger partial charge in [0.2, 0.25) is 0 Å². The molecule has 0 amide bonds. The highest BCUT2D eigenvalue weighted by Crippen LogP contribution is 2.13. The number of rotatable bonds is 5. The van der Waals surface area contributed by atoms with Crippen molar-refractivity contribution in [3.63, 3.8) is 0 Å². The lowest BCUT2D eigenvalue weighted by atomic mass is 10.2. The third-order valence-corrected chi connectivity index (χ3v) is 3.12. The first-order valence-corrected chi connectivity index (χ1v) is 5.94. The summed E-state index contributed by atoms with van der Waals surface area (Å²) in [5.41, 5.74) is 6.56. The van der Waals surface area contributed by atoms with Gasteiger partial charge in [-0.3, -0.25) is 4.79 Å². The molecule has 0 saturated carbocycles. The molecule has 88 valence electrons. The van der Waals surface area contributed by atoms with Crippen LogP contribution < -0.4 is 5.73 Å². The molecule has 16 heavy (non-hydrogen) atoms. The van der Waals surface area contributed by atoms with Crippen LogP contribution in [-0.2, 0) is 15.3 Å². The number of nitrogens with two attached hydrogens (primary N) is 1. The Morgan fingerprint density at radius 3 is 2.69 bits per heavy atom. The summed E-state index contributed by atoms with van der Waals surface area (Å²) in [6, 6.07) is 5.65. The van der Waals surface area contributed by atoms with Crippen LogP contribution in [-0.4, -0.2) is 24.9 Å². The minimum atomic E-state index is -0.601. The maximum Gasteiger partial charge on any atom is 0.323 e. The summed E-state index contributed by atoms with van der Waals surface area (Å²) >= 11 is 1.52. The molecular formula is C11H14FNO2S. The van der Waals surface area contributed by atoms with Crippen LogP contribution in [0.4, 0.5) is 4.39 Å². The van der Waals surface area contributed by atoms with Gasteiger partial charge < -0.3 is 10.5 Å². The lowest BCUT2D eigenvalue weighted by molar-refractivity contribution is -0.141. The molecule has 2 N–H and O–H groups in total. The number of thioether (sulfide) groups is 1. The molecule has 0 radical (unpaired) electrons. The van der Waals surface area contributed by atoms with Gasteiger partial charge in [0, 0.05) is 11.5 Å². The van der Waals surface area contributed by atoms with E-state index in [4.69, 9.17) is 5.73 Å². The Kier molecular flexibility index (Phi) is 5.28. The van der Waals surface area contributed by atoms with E-state index in [0.717, 1.165) is 5.56 Å². The first-order chi connectivity index (χ1) is 7.63. The topological polar surface area (TPSA) is 52.3 Å².